The summed E-state index contributed by atoms with van der Waals surface area (Å²) in [5, 5.41) is 8.92. The number of nitriles is 1. The van der Waals surface area contributed by atoms with Crippen LogP contribution in [0.15, 0.2) is 23.2 Å². The maximum atomic E-state index is 12.2. The first-order valence-electron chi connectivity index (χ1n) is 6.42. The van der Waals surface area contributed by atoms with Gasteiger partial charge in [0.2, 0.25) is 10.0 Å². The van der Waals surface area contributed by atoms with Crippen LogP contribution in [0.3, 0.4) is 0 Å². The topological polar surface area (TPSA) is 82.8 Å². The predicted molar refractivity (Wildman–Crippen MR) is 68.5 cm³/mol. The summed E-state index contributed by atoms with van der Waals surface area (Å²) in [7, 11) is -3.64. The molecule has 0 bridgehead atoms. The van der Waals surface area contributed by atoms with Gasteiger partial charge in [-0.3, -0.25) is 0 Å². The van der Waals surface area contributed by atoms with Gasteiger partial charge in [0, 0.05) is 12.7 Å². The summed E-state index contributed by atoms with van der Waals surface area (Å²) in [6.45, 7) is 0.486. The van der Waals surface area contributed by atoms with Crippen molar-refractivity contribution in [3.63, 3.8) is 0 Å². The molecule has 2 fully saturated rings. The number of hydrogen-bond donors (Lipinski definition) is 1. The summed E-state index contributed by atoms with van der Waals surface area (Å²) in [6.07, 6.45) is 6.08. The van der Waals surface area contributed by atoms with Gasteiger partial charge in [-0.2, -0.15) is 5.26 Å². The summed E-state index contributed by atoms with van der Waals surface area (Å²) in [5.74, 6) is 0.694. The van der Waals surface area contributed by atoms with E-state index in [-0.39, 0.29) is 16.0 Å². The number of rotatable bonds is 5. The lowest BCUT2D eigenvalue weighted by molar-refractivity contribution is 0.432. The highest BCUT2D eigenvalue weighted by Gasteiger charge is 2.53. The molecular weight excluding hydrogens is 262 g/mol. The Labute approximate surface area is 112 Å². The summed E-state index contributed by atoms with van der Waals surface area (Å²) >= 11 is 0. The first-order valence-corrected chi connectivity index (χ1v) is 7.90. The van der Waals surface area contributed by atoms with E-state index in [0.29, 0.717) is 12.5 Å². The second kappa shape index (κ2) is 4.29. The zero-order valence-corrected chi connectivity index (χ0v) is 11.3. The Hall–Kier alpha value is -1.45. The second-order valence-corrected chi connectivity index (χ2v) is 7.16. The molecule has 1 N–H and O–H groups in total. The Bertz CT molecular complexity index is 640. The van der Waals surface area contributed by atoms with Crippen molar-refractivity contribution in [3.8, 4) is 6.07 Å². The molecule has 0 aliphatic heterocycles. The van der Waals surface area contributed by atoms with Gasteiger partial charge in [-0.1, -0.05) is 0 Å². The van der Waals surface area contributed by atoms with Crippen molar-refractivity contribution in [2.24, 2.45) is 11.3 Å². The first kappa shape index (κ1) is 12.6. The number of nitrogens with zero attached hydrogens (tertiary/aromatic N) is 2. The van der Waals surface area contributed by atoms with E-state index in [2.05, 4.69) is 9.71 Å². The molecule has 0 amide bonds. The molecule has 0 saturated heterocycles. The zero-order chi connectivity index (χ0) is 13.5. The van der Waals surface area contributed by atoms with Crippen molar-refractivity contribution in [3.05, 3.63) is 24.0 Å². The highest BCUT2D eigenvalue weighted by Crippen LogP contribution is 2.60. The van der Waals surface area contributed by atoms with E-state index < -0.39 is 10.0 Å². The van der Waals surface area contributed by atoms with Gasteiger partial charge < -0.3 is 0 Å². The molecule has 6 heteroatoms. The molecule has 1 aromatic rings. The fourth-order valence-corrected chi connectivity index (χ4v) is 3.84. The van der Waals surface area contributed by atoms with Gasteiger partial charge in [-0.05, 0) is 49.1 Å². The van der Waals surface area contributed by atoms with Crippen LogP contribution in [-0.2, 0) is 10.0 Å². The Morgan fingerprint density at radius 3 is 2.79 bits per heavy atom. The van der Waals surface area contributed by atoms with Crippen molar-refractivity contribution in [1.82, 2.24) is 9.71 Å². The Morgan fingerprint density at radius 2 is 2.21 bits per heavy atom. The highest BCUT2D eigenvalue weighted by atomic mass is 32.2. The fourth-order valence-electron chi connectivity index (χ4n) is 2.59. The van der Waals surface area contributed by atoms with E-state index in [0.717, 1.165) is 12.8 Å². The zero-order valence-electron chi connectivity index (χ0n) is 10.5. The summed E-state index contributed by atoms with van der Waals surface area (Å²) in [6, 6.07) is 4.77. The lowest BCUT2D eigenvalue weighted by Gasteiger charge is -2.15. The van der Waals surface area contributed by atoms with Crippen LogP contribution in [0.4, 0.5) is 0 Å². The van der Waals surface area contributed by atoms with Crippen LogP contribution in [0, 0.1) is 22.7 Å². The molecule has 19 heavy (non-hydrogen) atoms. The third-order valence-corrected chi connectivity index (χ3v) is 5.55. The van der Waals surface area contributed by atoms with Crippen LogP contribution in [0.25, 0.3) is 0 Å². The van der Waals surface area contributed by atoms with Gasteiger partial charge in [0.25, 0.3) is 0 Å². The van der Waals surface area contributed by atoms with Gasteiger partial charge >= 0.3 is 0 Å². The second-order valence-electron chi connectivity index (χ2n) is 5.42. The van der Waals surface area contributed by atoms with Gasteiger partial charge in [0.1, 0.15) is 11.0 Å². The molecule has 0 radical (unpaired) electrons. The number of sulfonamides is 1. The summed E-state index contributed by atoms with van der Waals surface area (Å²) < 4.78 is 27.1. The van der Waals surface area contributed by atoms with E-state index >= 15 is 0 Å². The van der Waals surface area contributed by atoms with Gasteiger partial charge in [-0.25, -0.2) is 18.1 Å². The van der Waals surface area contributed by atoms with Gasteiger partial charge in [0.15, 0.2) is 5.69 Å². The van der Waals surface area contributed by atoms with E-state index in [4.69, 9.17) is 5.26 Å². The van der Waals surface area contributed by atoms with Crippen LogP contribution in [0.5, 0.6) is 0 Å². The van der Waals surface area contributed by atoms with Gasteiger partial charge in [0.05, 0.1) is 0 Å². The lowest BCUT2D eigenvalue weighted by atomic mass is 10.0. The summed E-state index contributed by atoms with van der Waals surface area (Å²) in [5.41, 5.74) is 0.147. The molecular formula is C13H15N3O2S. The molecule has 2 aliphatic carbocycles. The van der Waals surface area contributed by atoms with Gasteiger partial charge in [-0.15, -0.1) is 0 Å². The average molecular weight is 277 g/mol. The van der Waals surface area contributed by atoms with E-state index in [1.54, 1.807) is 0 Å². The number of pyridine rings is 1. The molecule has 2 aliphatic rings. The smallest absolute Gasteiger partial charge is 0.243 e. The third kappa shape index (κ3) is 2.36. The van der Waals surface area contributed by atoms with Crippen LogP contribution in [0.1, 0.15) is 31.4 Å². The Kier molecular flexibility index (Phi) is 2.84. The predicted octanol–water partition coefficient (Wildman–Crippen LogP) is 1.42. The first-order chi connectivity index (χ1) is 9.07. The average Bonchev–Trinajstić information content (AvgIpc) is 3.28. The van der Waals surface area contributed by atoms with Crippen molar-refractivity contribution in [1.29, 1.82) is 5.26 Å². The van der Waals surface area contributed by atoms with Crippen molar-refractivity contribution in [2.45, 2.75) is 30.6 Å². The molecule has 2 saturated carbocycles. The number of nitrogens with one attached hydrogen (secondary N) is 1. The Balaban J connectivity index is 1.77. The van der Waals surface area contributed by atoms with Crippen LogP contribution < -0.4 is 4.72 Å². The maximum absolute atomic E-state index is 12.2. The normalized spacial score (nSPS) is 20.8. The minimum Gasteiger partial charge on any atom is -0.244 e. The van der Waals surface area contributed by atoms with E-state index in [1.165, 1.54) is 31.2 Å². The molecule has 0 aromatic carbocycles. The monoisotopic (exact) mass is 277 g/mol. The number of aromatic nitrogens is 1. The summed E-state index contributed by atoms with van der Waals surface area (Å²) in [4.78, 5) is 3.77. The molecule has 3 rings (SSSR count). The van der Waals surface area contributed by atoms with Crippen LogP contribution in [0.2, 0.25) is 0 Å². The molecule has 1 heterocycles. The largest absolute Gasteiger partial charge is 0.244 e. The highest BCUT2D eigenvalue weighted by molar-refractivity contribution is 7.89. The lowest BCUT2D eigenvalue weighted by Crippen LogP contribution is -2.31. The van der Waals surface area contributed by atoms with E-state index in [9.17, 15) is 8.42 Å². The van der Waals surface area contributed by atoms with Crippen molar-refractivity contribution in [2.75, 3.05) is 6.54 Å². The molecule has 0 unspecified atom stereocenters. The standard InChI is InChI=1S/C13H15N3O2S/c14-8-11-12(2-1-7-15-11)19(17,18)16-9-13(5-6-13)10-3-4-10/h1-2,7,10,16H,3-6,9H2. The van der Waals surface area contributed by atoms with Crippen LogP contribution >= 0.6 is 0 Å². The number of hydrogen-bond acceptors (Lipinski definition) is 4. The minimum absolute atomic E-state index is 0.0240. The van der Waals surface area contributed by atoms with E-state index in [1.807, 2.05) is 6.07 Å². The SMILES string of the molecule is N#Cc1ncccc1S(=O)(=O)NCC1(C2CC2)CC1. The Morgan fingerprint density at radius 1 is 1.47 bits per heavy atom. The molecule has 0 spiro atoms. The quantitative estimate of drug-likeness (QED) is 0.882. The molecule has 0 atom stereocenters. The van der Waals surface area contributed by atoms with Crippen molar-refractivity contribution >= 4 is 10.0 Å². The minimum atomic E-state index is -3.64. The molecule has 5 nitrogen and oxygen atoms in total. The third-order valence-electron chi connectivity index (χ3n) is 4.12. The molecule has 1 aromatic heterocycles. The maximum Gasteiger partial charge on any atom is 0.243 e. The molecule has 100 valence electrons. The fraction of sp³-hybridized carbons (Fsp3) is 0.538. The van der Waals surface area contributed by atoms with Crippen LogP contribution in [-0.4, -0.2) is 19.9 Å². The van der Waals surface area contributed by atoms with Crippen molar-refractivity contribution < 1.29 is 8.42 Å².